The Morgan fingerprint density at radius 1 is 1.37 bits per heavy atom. The molecule has 5 heteroatoms. The van der Waals surface area contributed by atoms with Crippen molar-refractivity contribution >= 4 is 6.09 Å². The highest BCUT2D eigenvalue weighted by Crippen LogP contribution is 2.26. The van der Waals surface area contributed by atoms with Crippen LogP contribution in [0, 0.1) is 12.3 Å². The van der Waals surface area contributed by atoms with Gasteiger partial charge in [0, 0.05) is 0 Å². The van der Waals surface area contributed by atoms with Gasteiger partial charge in [0.05, 0.1) is 12.1 Å². The molecule has 1 amide bonds. The lowest BCUT2D eigenvalue weighted by molar-refractivity contribution is -0.293. The average Bonchev–Trinajstić information content (AvgIpc) is 2.18. The van der Waals surface area contributed by atoms with Gasteiger partial charge in [-0.05, 0) is 41.5 Å². The fraction of sp³-hybridized carbons (Fsp3) is 0.786. The van der Waals surface area contributed by atoms with Gasteiger partial charge in [-0.15, -0.1) is 6.42 Å². The Hall–Kier alpha value is -1.25. The summed E-state index contributed by atoms with van der Waals surface area (Å²) in [5, 5.41) is 2.71. The highest BCUT2D eigenvalue weighted by Gasteiger charge is 2.41. The van der Waals surface area contributed by atoms with Crippen molar-refractivity contribution < 1.29 is 19.0 Å². The van der Waals surface area contributed by atoms with Crippen molar-refractivity contribution in [1.82, 2.24) is 5.32 Å². The summed E-state index contributed by atoms with van der Waals surface area (Å²) < 4.78 is 16.5. The summed E-state index contributed by atoms with van der Waals surface area (Å²) in [6.45, 7) is 10.8. The normalized spacial score (nSPS) is 30.3. The van der Waals surface area contributed by atoms with Gasteiger partial charge in [-0.2, -0.15) is 0 Å². The highest BCUT2D eigenvalue weighted by molar-refractivity contribution is 5.68. The number of alkyl carbamates (subject to hydrolysis) is 1. The quantitative estimate of drug-likeness (QED) is 0.740. The van der Waals surface area contributed by atoms with E-state index >= 15 is 0 Å². The van der Waals surface area contributed by atoms with Crippen molar-refractivity contribution in [1.29, 1.82) is 0 Å². The van der Waals surface area contributed by atoms with Crippen molar-refractivity contribution in [3.63, 3.8) is 0 Å². The number of carbonyl (C=O) groups excluding carboxylic acids is 1. The van der Waals surface area contributed by atoms with E-state index in [1.54, 1.807) is 34.6 Å². The first-order chi connectivity index (χ1) is 8.54. The Morgan fingerprint density at radius 3 is 2.42 bits per heavy atom. The first-order valence-corrected chi connectivity index (χ1v) is 6.35. The molecule has 0 saturated carbocycles. The van der Waals surface area contributed by atoms with E-state index in [0.717, 1.165) is 0 Å². The van der Waals surface area contributed by atoms with E-state index in [4.69, 9.17) is 20.6 Å². The molecule has 5 nitrogen and oxygen atoms in total. The van der Waals surface area contributed by atoms with Gasteiger partial charge in [0.25, 0.3) is 0 Å². The van der Waals surface area contributed by atoms with Crippen LogP contribution in [0.5, 0.6) is 0 Å². The summed E-state index contributed by atoms with van der Waals surface area (Å²) in [5.41, 5.74) is -0.561. The molecule has 1 rings (SSSR count). The topological polar surface area (TPSA) is 56.8 Å². The zero-order valence-corrected chi connectivity index (χ0v) is 12.4. The molecule has 0 bridgehead atoms. The minimum atomic E-state index is -0.761. The first kappa shape index (κ1) is 15.8. The molecule has 1 heterocycles. The van der Waals surface area contributed by atoms with Crippen molar-refractivity contribution in [2.24, 2.45) is 0 Å². The molecule has 3 atom stereocenters. The summed E-state index contributed by atoms with van der Waals surface area (Å²) in [7, 11) is 0. The van der Waals surface area contributed by atoms with Gasteiger partial charge in [-0.3, -0.25) is 0 Å². The number of amides is 1. The molecule has 1 aliphatic rings. The van der Waals surface area contributed by atoms with Crippen molar-refractivity contribution in [2.45, 2.75) is 71.2 Å². The minimum Gasteiger partial charge on any atom is -0.444 e. The lowest BCUT2D eigenvalue weighted by atomic mass is 10.0. The molecule has 0 radical (unpaired) electrons. The van der Waals surface area contributed by atoms with Crippen molar-refractivity contribution in [2.75, 3.05) is 0 Å². The van der Waals surface area contributed by atoms with Crippen LogP contribution in [0.4, 0.5) is 4.79 Å². The summed E-state index contributed by atoms with van der Waals surface area (Å²) in [6, 6.07) is -0.437. The molecule has 1 fully saturated rings. The third kappa shape index (κ3) is 4.73. The Labute approximate surface area is 115 Å². The first-order valence-electron chi connectivity index (χ1n) is 6.35. The van der Waals surface area contributed by atoms with Crippen molar-refractivity contribution in [3.8, 4) is 12.3 Å². The molecule has 19 heavy (non-hydrogen) atoms. The van der Waals surface area contributed by atoms with E-state index in [-0.39, 0.29) is 6.10 Å². The lowest BCUT2D eigenvalue weighted by Gasteiger charge is -2.43. The number of nitrogens with one attached hydrogen (secondary N) is 1. The largest absolute Gasteiger partial charge is 0.444 e. The monoisotopic (exact) mass is 269 g/mol. The second-order valence-electron chi connectivity index (χ2n) is 6.10. The third-order valence-corrected chi connectivity index (χ3v) is 2.56. The van der Waals surface area contributed by atoms with Crippen LogP contribution in [0.1, 0.15) is 41.5 Å². The maximum absolute atomic E-state index is 11.8. The van der Waals surface area contributed by atoms with E-state index in [1.165, 1.54) is 0 Å². The molecule has 1 N–H and O–H groups in total. The van der Waals surface area contributed by atoms with Crippen LogP contribution in [-0.2, 0) is 14.2 Å². The van der Waals surface area contributed by atoms with Gasteiger partial charge in [-0.25, -0.2) is 4.79 Å². The van der Waals surface area contributed by atoms with Gasteiger partial charge < -0.3 is 19.5 Å². The van der Waals surface area contributed by atoms with E-state index in [2.05, 4.69) is 11.2 Å². The highest BCUT2D eigenvalue weighted by atomic mass is 16.7. The predicted molar refractivity (Wildman–Crippen MR) is 71.5 cm³/mol. The summed E-state index contributed by atoms with van der Waals surface area (Å²) in [5.74, 6) is 1.77. The van der Waals surface area contributed by atoms with E-state index in [9.17, 15) is 4.79 Å². The van der Waals surface area contributed by atoms with Crippen LogP contribution in [-0.4, -0.2) is 35.7 Å². The zero-order chi connectivity index (χ0) is 14.8. The number of ether oxygens (including phenoxy) is 3. The Balaban J connectivity index is 2.71. The molecule has 0 aromatic heterocycles. The maximum atomic E-state index is 11.8. The molecule has 0 aromatic carbocycles. The molecule has 1 saturated heterocycles. The van der Waals surface area contributed by atoms with Crippen molar-refractivity contribution in [3.05, 3.63) is 0 Å². The number of carbonyl (C=O) groups is 1. The van der Waals surface area contributed by atoms with E-state index in [0.29, 0.717) is 0 Å². The second-order valence-corrected chi connectivity index (χ2v) is 6.10. The Bertz CT molecular complexity index is 378. The summed E-state index contributed by atoms with van der Waals surface area (Å²) in [4.78, 5) is 11.8. The number of hydrogen-bond acceptors (Lipinski definition) is 4. The lowest BCUT2D eigenvalue weighted by Crippen LogP contribution is -2.60. The Morgan fingerprint density at radius 2 is 1.95 bits per heavy atom. The SMILES string of the molecule is C#C[C@H]1OC(C)(C)O[C@H](C)[C@@H]1NC(=O)OC(C)(C)C. The third-order valence-electron chi connectivity index (χ3n) is 2.56. The van der Waals surface area contributed by atoms with Crippen LogP contribution in [0.15, 0.2) is 0 Å². The van der Waals surface area contributed by atoms with Gasteiger partial charge >= 0.3 is 6.09 Å². The minimum absolute atomic E-state index is 0.266. The number of rotatable bonds is 1. The molecule has 108 valence electrons. The number of hydrogen-bond donors (Lipinski definition) is 1. The van der Waals surface area contributed by atoms with Gasteiger partial charge in [0.2, 0.25) is 0 Å². The molecule has 0 aromatic rings. The van der Waals surface area contributed by atoms with Crippen LogP contribution in [0.3, 0.4) is 0 Å². The van der Waals surface area contributed by atoms with Crippen LogP contribution in [0.25, 0.3) is 0 Å². The molecular formula is C14H23NO4. The average molecular weight is 269 g/mol. The van der Waals surface area contributed by atoms with E-state index < -0.39 is 29.6 Å². The fourth-order valence-electron chi connectivity index (χ4n) is 1.95. The standard InChI is InChI=1S/C14H23NO4/c1-8-10-11(9(2)17-14(6,7)18-10)15-12(16)19-13(3,4)5/h1,9-11H,2-7H3,(H,15,16)/t9-,10-,11+/m1/s1. The molecule has 0 unspecified atom stereocenters. The second kappa shape index (κ2) is 5.40. The molecule has 1 aliphatic heterocycles. The molecule has 0 spiro atoms. The van der Waals surface area contributed by atoms with Gasteiger partial charge in [-0.1, -0.05) is 5.92 Å². The summed E-state index contributed by atoms with van der Waals surface area (Å²) in [6.07, 6.45) is 4.11. The Kier molecular flexibility index (Phi) is 4.49. The molecule has 0 aliphatic carbocycles. The van der Waals surface area contributed by atoms with Gasteiger partial charge in [0.15, 0.2) is 5.79 Å². The number of terminal acetylenes is 1. The van der Waals surface area contributed by atoms with Gasteiger partial charge in [0.1, 0.15) is 11.7 Å². The predicted octanol–water partition coefficient (Wildman–Crippen LogP) is 2.05. The fourth-order valence-corrected chi connectivity index (χ4v) is 1.95. The van der Waals surface area contributed by atoms with Crippen LogP contribution in [0.2, 0.25) is 0 Å². The molecular weight excluding hydrogens is 246 g/mol. The van der Waals surface area contributed by atoms with Crippen LogP contribution >= 0.6 is 0 Å². The maximum Gasteiger partial charge on any atom is 0.408 e. The smallest absolute Gasteiger partial charge is 0.408 e. The zero-order valence-electron chi connectivity index (χ0n) is 12.4. The summed E-state index contributed by atoms with van der Waals surface area (Å²) >= 11 is 0. The van der Waals surface area contributed by atoms with Crippen LogP contribution < -0.4 is 5.32 Å². The van der Waals surface area contributed by atoms with E-state index in [1.807, 2.05) is 6.92 Å².